The van der Waals surface area contributed by atoms with Gasteiger partial charge in [-0.15, -0.1) is 0 Å². The maximum absolute atomic E-state index is 13.0. The summed E-state index contributed by atoms with van der Waals surface area (Å²) in [5.41, 5.74) is 3.00. The summed E-state index contributed by atoms with van der Waals surface area (Å²) >= 11 is 0. The fourth-order valence-corrected chi connectivity index (χ4v) is 5.05. The molecule has 168 valence electrons. The van der Waals surface area contributed by atoms with Crippen LogP contribution in [0.4, 0.5) is 0 Å². The Morgan fingerprint density at radius 2 is 1.88 bits per heavy atom. The zero-order valence-electron chi connectivity index (χ0n) is 18.2. The second kappa shape index (κ2) is 9.22. The van der Waals surface area contributed by atoms with Gasteiger partial charge >= 0.3 is 11.8 Å². The predicted molar refractivity (Wildman–Crippen MR) is 119 cm³/mol. The first-order valence-electron chi connectivity index (χ1n) is 10.6. The maximum atomic E-state index is 13.0. The van der Waals surface area contributed by atoms with Crippen molar-refractivity contribution in [3.8, 4) is 11.4 Å². The van der Waals surface area contributed by atoms with Crippen LogP contribution in [0.25, 0.3) is 11.4 Å². The zero-order valence-corrected chi connectivity index (χ0v) is 19.0. The molecule has 1 amide bonds. The Bertz CT molecular complexity index is 1230. The molecule has 1 aliphatic rings. The second-order valence-electron chi connectivity index (χ2n) is 8.07. The van der Waals surface area contributed by atoms with E-state index >= 15 is 0 Å². The van der Waals surface area contributed by atoms with E-state index in [1.807, 2.05) is 31.2 Å². The molecule has 0 saturated carbocycles. The summed E-state index contributed by atoms with van der Waals surface area (Å²) in [7, 11) is -3.77. The predicted octanol–water partition coefficient (Wildman–Crippen LogP) is 3.46. The molecule has 3 aromatic rings. The third-order valence-corrected chi connectivity index (χ3v) is 7.08. The van der Waals surface area contributed by atoms with Gasteiger partial charge in [-0.05, 0) is 50.3 Å². The number of aromatic nitrogens is 2. The van der Waals surface area contributed by atoms with Gasteiger partial charge in [0.05, 0.1) is 4.90 Å². The molecule has 1 N–H and O–H groups in total. The molecule has 9 heteroatoms. The fraction of sp³-hybridized carbons (Fsp3) is 0.348. The summed E-state index contributed by atoms with van der Waals surface area (Å²) in [6.45, 7) is 5.23. The molecule has 4 rings (SSSR count). The summed E-state index contributed by atoms with van der Waals surface area (Å²) in [6, 6.07) is 12.6. The van der Waals surface area contributed by atoms with Crippen molar-refractivity contribution in [2.75, 3.05) is 13.1 Å². The first-order valence-corrected chi connectivity index (χ1v) is 12.1. The van der Waals surface area contributed by atoms with Gasteiger partial charge in [-0.1, -0.05) is 47.1 Å². The third kappa shape index (κ3) is 4.89. The topological polar surface area (TPSA) is 105 Å². The van der Waals surface area contributed by atoms with Crippen LogP contribution < -0.4 is 4.72 Å². The number of rotatable bonds is 6. The van der Waals surface area contributed by atoms with E-state index in [0.717, 1.165) is 30.4 Å². The summed E-state index contributed by atoms with van der Waals surface area (Å²) in [5, 5.41) is 3.91. The number of hydrogen-bond donors (Lipinski definition) is 1. The number of nitrogens with one attached hydrogen (secondary N) is 1. The van der Waals surface area contributed by atoms with E-state index in [1.165, 1.54) is 6.07 Å². The second-order valence-corrected chi connectivity index (χ2v) is 9.81. The Morgan fingerprint density at radius 3 is 2.62 bits per heavy atom. The molecule has 1 aliphatic heterocycles. The smallest absolute Gasteiger partial charge is 0.316 e. The average molecular weight is 455 g/mol. The lowest BCUT2D eigenvalue weighted by Crippen LogP contribution is -2.35. The highest BCUT2D eigenvalue weighted by Gasteiger charge is 2.25. The molecule has 0 radical (unpaired) electrons. The minimum Gasteiger partial charge on any atom is -0.334 e. The van der Waals surface area contributed by atoms with E-state index in [1.54, 1.807) is 24.0 Å². The Hall–Kier alpha value is -3.04. The van der Waals surface area contributed by atoms with E-state index in [4.69, 9.17) is 4.52 Å². The summed E-state index contributed by atoms with van der Waals surface area (Å²) in [4.78, 5) is 18.7. The third-order valence-electron chi connectivity index (χ3n) is 5.54. The van der Waals surface area contributed by atoms with Gasteiger partial charge in [-0.25, -0.2) is 13.1 Å². The Labute approximate surface area is 187 Å². The van der Waals surface area contributed by atoms with Crippen molar-refractivity contribution in [1.82, 2.24) is 19.8 Å². The highest BCUT2D eigenvalue weighted by Crippen LogP contribution is 2.24. The average Bonchev–Trinajstić information content (AvgIpc) is 3.28. The van der Waals surface area contributed by atoms with Crippen LogP contribution >= 0.6 is 0 Å². The van der Waals surface area contributed by atoms with Crippen LogP contribution in [0.15, 0.2) is 51.9 Å². The number of piperidine rings is 1. The van der Waals surface area contributed by atoms with Crippen LogP contribution in [0.2, 0.25) is 0 Å². The number of sulfonamides is 1. The van der Waals surface area contributed by atoms with E-state index in [2.05, 4.69) is 14.9 Å². The van der Waals surface area contributed by atoms with Gasteiger partial charge in [0.15, 0.2) is 0 Å². The van der Waals surface area contributed by atoms with Crippen LogP contribution in [-0.2, 0) is 16.6 Å². The number of nitrogens with zero attached hydrogens (tertiary/aromatic N) is 3. The first-order chi connectivity index (χ1) is 15.3. The van der Waals surface area contributed by atoms with E-state index in [0.29, 0.717) is 24.2 Å². The van der Waals surface area contributed by atoms with E-state index in [-0.39, 0.29) is 29.1 Å². The van der Waals surface area contributed by atoms with Gasteiger partial charge in [0.2, 0.25) is 15.8 Å². The summed E-state index contributed by atoms with van der Waals surface area (Å²) in [6.07, 6.45) is 3.03. The van der Waals surface area contributed by atoms with Crippen molar-refractivity contribution in [2.24, 2.45) is 0 Å². The fourth-order valence-electron chi connectivity index (χ4n) is 3.77. The molecule has 0 unspecified atom stereocenters. The van der Waals surface area contributed by atoms with E-state index in [9.17, 15) is 13.2 Å². The highest BCUT2D eigenvalue weighted by atomic mass is 32.2. The van der Waals surface area contributed by atoms with Crippen molar-refractivity contribution < 1.29 is 17.7 Å². The molecule has 1 saturated heterocycles. The Morgan fingerprint density at radius 1 is 1.09 bits per heavy atom. The van der Waals surface area contributed by atoms with Crippen molar-refractivity contribution in [3.63, 3.8) is 0 Å². The van der Waals surface area contributed by atoms with Gasteiger partial charge in [0.25, 0.3) is 0 Å². The number of carbonyl (C=O) groups is 1. The lowest BCUT2D eigenvalue weighted by molar-refractivity contribution is 0.0674. The first kappa shape index (κ1) is 22.2. The van der Waals surface area contributed by atoms with Crippen LogP contribution in [-0.4, -0.2) is 42.5 Å². The number of amides is 1. The highest BCUT2D eigenvalue weighted by molar-refractivity contribution is 7.89. The van der Waals surface area contributed by atoms with Gasteiger partial charge in [0.1, 0.15) is 0 Å². The SMILES string of the molecule is Cc1cccc(CNS(=O)(=O)c2cc(-c3noc(C(=O)N4CCCCC4)n3)ccc2C)c1. The van der Waals surface area contributed by atoms with Crippen LogP contribution in [0, 0.1) is 13.8 Å². The normalized spacial score (nSPS) is 14.5. The quantitative estimate of drug-likeness (QED) is 0.612. The minimum atomic E-state index is -3.77. The van der Waals surface area contributed by atoms with Gasteiger partial charge < -0.3 is 9.42 Å². The molecule has 0 aliphatic carbocycles. The molecule has 0 atom stereocenters. The van der Waals surface area contributed by atoms with Crippen molar-refractivity contribution in [1.29, 1.82) is 0 Å². The minimum absolute atomic E-state index is 0.0792. The largest absolute Gasteiger partial charge is 0.334 e. The maximum Gasteiger partial charge on any atom is 0.316 e. The van der Waals surface area contributed by atoms with Crippen molar-refractivity contribution >= 4 is 15.9 Å². The van der Waals surface area contributed by atoms with Gasteiger partial charge in [0, 0.05) is 25.2 Å². The van der Waals surface area contributed by atoms with E-state index < -0.39 is 10.0 Å². The molecular formula is C23H26N4O4S. The van der Waals surface area contributed by atoms with Crippen molar-refractivity contribution in [3.05, 3.63) is 65.0 Å². The molecule has 32 heavy (non-hydrogen) atoms. The number of carbonyl (C=O) groups excluding carboxylic acids is 1. The van der Waals surface area contributed by atoms with Gasteiger partial charge in [-0.3, -0.25) is 4.79 Å². The zero-order chi connectivity index (χ0) is 22.7. The number of likely N-dealkylation sites (tertiary alicyclic amines) is 1. The molecule has 0 bridgehead atoms. The molecule has 1 fully saturated rings. The number of hydrogen-bond acceptors (Lipinski definition) is 6. The standard InChI is InChI=1S/C23H26N4O4S/c1-16-7-6-8-18(13-16)15-24-32(29,30)20-14-19(10-9-17(20)2)21-25-22(31-26-21)23(28)27-11-4-3-5-12-27/h6-10,13-14,24H,3-5,11-12,15H2,1-2H3. The lowest BCUT2D eigenvalue weighted by atomic mass is 10.1. The molecule has 8 nitrogen and oxygen atoms in total. The molecule has 2 aromatic carbocycles. The monoisotopic (exact) mass is 454 g/mol. The number of benzene rings is 2. The summed E-state index contributed by atoms with van der Waals surface area (Å²) in [5.74, 6) is -0.187. The molecular weight excluding hydrogens is 428 g/mol. The van der Waals surface area contributed by atoms with Gasteiger partial charge in [-0.2, -0.15) is 4.98 Å². The lowest BCUT2D eigenvalue weighted by Gasteiger charge is -2.24. The van der Waals surface area contributed by atoms with Crippen LogP contribution in [0.3, 0.4) is 0 Å². The summed E-state index contributed by atoms with van der Waals surface area (Å²) < 4.78 is 33.8. The number of aryl methyl sites for hydroxylation is 2. The van der Waals surface area contributed by atoms with Crippen LogP contribution in [0.1, 0.15) is 46.6 Å². The Kier molecular flexibility index (Phi) is 6.38. The van der Waals surface area contributed by atoms with Crippen LogP contribution in [0.5, 0.6) is 0 Å². The molecule has 2 heterocycles. The molecule has 0 spiro atoms. The molecule has 1 aromatic heterocycles. The van der Waals surface area contributed by atoms with Crippen molar-refractivity contribution in [2.45, 2.75) is 44.6 Å². The Balaban J connectivity index is 1.54.